The summed E-state index contributed by atoms with van der Waals surface area (Å²) in [7, 11) is 0. The highest BCUT2D eigenvalue weighted by atomic mass is 32.1. The number of nitrogens with zero attached hydrogens (tertiary/aromatic N) is 3. The second kappa shape index (κ2) is 6.64. The average molecular weight is 381 g/mol. The van der Waals surface area contributed by atoms with E-state index in [2.05, 4.69) is 14.8 Å². The van der Waals surface area contributed by atoms with Gasteiger partial charge in [-0.15, -0.1) is 0 Å². The van der Waals surface area contributed by atoms with Crippen LogP contribution in [0.1, 0.15) is 0 Å². The Morgan fingerprint density at radius 3 is 2.88 bits per heavy atom. The number of hydrogen-bond donors (Lipinski definition) is 2. The predicted molar refractivity (Wildman–Crippen MR) is 87.9 cm³/mol. The number of halogens is 3. The van der Waals surface area contributed by atoms with Crippen molar-refractivity contribution in [3.05, 3.63) is 40.8 Å². The van der Waals surface area contributed by atoms with Crippen molar-refractivity contribution < 1.29 is 22.4 Å². The van der Waals surface area contributed by atoms with Crippen LogP contribution in [-0.4, -0.2) is 33.2 Å². The molecule has 0 aliphatic heterocycles. The number of nitrogens with one attached hydrogen (secondary N) is 2. The fraction of sp³-hybridized carbons (Fsp3) is 0.200. The summed E-state index contributed by atoms with van der Waals surface area (Å²) in [6.45, 7) is 7.07. The van der Waals surface area contributed by atoms with Gasteiger partial charge in [0.2, 0.25) is 5.69 Å². The number of amides is 1. The molecule has 0 aromatic carbocycles. The maximum absolute atomic E-state index is 12.3. The molecule has 0 atom stereocenters. The van der Waals surface area contributed by atoms with Gasteiger partial charge in [-0.3, -0.25) is 4.79 Å². The third-order valence-electron chi connectivity index (χ3n) is 3.58. The van der Waals surface area contributed by atoms with Crippen LogP contribution in [0.2, 0.25) is 0 Å². The first-order chi connectivity index (χ1) is 12.3. The van der Waals surface area contributed by atoms with Gasteiger partial charge >= 0.3 is 12.1 Å². The molecular formula is C15H10F3N5O2S. The maximum Gasteiger partial charge on any atom is 0.471 e. The first-order valence-electron chi connectivity index (χ1n) is 7.21. The second-order valence-corrected chi connectivity index (χ2v) is 5.51. The number of aromatic nitrogens is 3. The fourth-order valence-corrected chi connectivity index (χ4v) is 2.82. The minimum absolute atomic E-state index is 0.0625. The van der Waals surface area contributed by atoms with Crippen LogP contribution in [0.3, 0.4) is 0 Å². The minimum atomic E-state index is -4.97. The van der Waals surface area contributed by atoms with Crippen molar-refractivity contribution in [2.45, 2.75) is 12.7 Å². The van der Waals surface area contributed by atoms with Crippen molar-refractivity contribution in [1.82, 2.24) is 19.9 Å². The molecule has 3 rings (SSSR count). The van der Waals surface area contributed by atoms with Gasteiger partial charge in [0.15, 0.2) is 4.64 Å². The van der Waals surface area contributed by atoms with Crippen LogP contribution >= 0.6 is 12.2 Å². The van der Waals surface area contributed by atoms with Gasteiger partial charge in [-0.05, 0) is 12.1 Å². The van der Waals surface area contributed by atoms with Crippen molar-refractivity contribution >= 4 is 34.8 Å². The Bertz CT molecular complexity index is 1060. The molecule has 3 aromatic rings. The summed E-state index contributed by atoms with van der Waals surface area (Å²) in [5, 5.41) is 1.80. The Balaban J connectivity index is 2.09. The van der Waals surface area contributed by atoms with Crippen LogP contribution in [-0.2, 0) is 11.3 Å². The standard InChI is InChI=1S/C15H10F3N5O2S/c1-19-9-10-12(13(26)22-7-21-10)23(11(9)8-3-2-6-25-8)5-4-20-14(24)15(16,17)18/h2-3,6-7H,4-5H2,(H,20,24)(H,21,22,26). The van der Waals surface area contributed by atoms with Crippen LogP contribution in [0.4, 0.5) is 18.9 Å². The molecule has 3 heterocycles. The summed E-state index contributed by atoms with van der Waals surface area (Å²) >= 11 is 5.20. The van der Waals surface area contributed by atoms with Crippen LogP contribution in [0.25, 0.3) is 27.3 Å². The van der Waals surface area contributed by atoms with Crippen molar-refractivity contribution in [3.63, 3.8) is 0 Å². The molecule has 3 aromatic heterocycles. The molecule has 11 heteroatoms. The minimum Gasteiger partial charge on any atom is -0.464 e. The lowest BCUT2D eigenvalue weighted by Crippen LogP contribution is -2.38. The molecule has 0 spiro atoms. The predicted octanol–water partition coefficient (Wildman–Crippen LogP) is 3.58. The van der Waals surface area contributed by atoms with E-state index in [0.717, 1.165) is 0 Å². The Labute approximate surface area is 149 Å². The summed E-state index contributed by atoms with van der Waals surface area (Å²) in [5.41, 5.74) is 1.32. The summed E-state index contributed by atoms with van der Waals surface area (Å²) in [5.74, 6) is -1.70. The Morgan fingerprint density at radius 1 is 1.50 bits per heavy atom. The van der Waals surface area contributed by atoms with Gasteiger partial charge in [-0.25, -0.2) is 9.83 Å². The number of furan rings is 1. The van der Waals surface area contributed by atoms with E-state index in [-0.39, 0.29) is 23.4 Å². The van der Waals surface area contributed by atoms with Crippen LogP contribution in [0.5, 0.6) is 0 Å². The molecule has 134 valence electrons. The number of carbonyl (C=O) groups excluding carboxylic acids is 1. The molecule has 0 bridgehead atoms. The lowest BCUT2D eigenvalue weighted by Gasteiger charge is -2.12. The van der Waals surface area contributed by atoms with Gasteiger partial charge in [0.1, 0.15) is 5.76 Å². The smallest absolute Gasteiger partial charge is 0.464 e. The Hall–Kier alpha value is -3.13. The Kier molecular flexibility index (Phi) is 4.52. The molecule has 26 heavy (non-hydrogen) atoms. The highest BCUT2D eigenvalue weighted by Gasteiger charge is 2.38. The van der Waals surface area contributed by atoms with Gasteiger partial charge in [0, 0.05) is 13.1 Å². The van der Waals surface area contributed by atoms with Crippen molar-refractivity contribution in [1.29, 1.82) is 0 Å². The monoisotopic (exact) mass is 381 g/mol. The van der Waals surface area contributed by atoms with E-state index in [4.69, 9.17) is 23.2 Å². The van der Waals surface area contributed by atoms with E-state index < -0.39 is 12.1 Å². The largest absolute Gasteiger partial charge is 0.471 e. The molecule has 0 unspecified atom stereocenters. The second-order valence-electron chi connectivity index (χ2n) is 5.12. The molecule has 0 aliphatic carbocycles. The summed E-state index contributed by atoms with van der Waals surface area (Å²) in [6, 6.07) is 3.23. The van der Waals surface area contributed by atoms with Crippen LogP contribution in [0, 0.1) is 11.2 Å². The molecule has 0 saturated carbocycles. The van der Waals surface area contributed by atoms with Gasteiger partial charge in [0.05, 0.1) is 35.9 Å². The third-order valence-corrected chi connectivity index (χ3v) is 3.87. The van der Waals surface area contributed by atoms with Crippen molar-refractivity contribution in [3.8, 4) is 11.5 Å². The lowest BCUT2D eigenvalue weighted by atomic mass is 10.3. The molecule has 0 fully saturated rings. The zero-order chi connectivity index (χ0) is 18.9. The number of rotatable bonds is 4. The van der Waals surface area contributed by atoms with Gasteiger partial charge in [0.25, 0.3) is 0 Å². The first-order valence-corrected chi connectivity index (χ1v) is 7.61. The number of aromatic amines is 1. The number of alkyl halides is 3. The van der Waals surface area contributed by atoms with E-state index in [1.807, 2.05) is 0 Å². The fourth-order valence-electron chi connectivity index (χ4n) is 2.56. The maximum atomic E-state index is 12.3. The number of carbonyl (C=O) groups is 1. The quantitative estimate of drug-likeness (QED) is 0.535. The van der Waals surface area contributed by atoms with E-state index in [1.54, 1.807) is 17.4 Å². The van der Waals surface area contributed by atoms with Gasteiger partial charge < -0.3 is 19.3 Å². The van der Waals surface area contributed by atoms with Crippen molar-refractivity contribution in [2.75, 3.05) is 6.54 Å². The normalized spacial score (nSPS) is 11.5. The van der Waals surface area contributed by atoms with E-state index in [1.165, 1.54) is 17.2 Å². The number of fused-ring (bicyclic) bond motifs is 1. The topological polar surface area (TPSA) is 80.2 Å². The van der Waals surface area contributed by atoms with E-state index >= 15 is 0 Å². The SMILES string of the molecule is [C-]#[N+]c1c(-c2ccco2)n(CCNC(=O)C(F)(F)F)c2c(=S)nc[nH]c12. The van der Waals surface area contributed by atoms with Crippen molar-refractivity contribution in [2.24, 2.45) is 0 Å². The molecule has 7 nitrogen and oxygen atoms in total. The molecule has 2 N–H and O–H groups in total. The highest BCUT2D eigenvalue weighted by Crippen LogP contribution is 2.39. The average Bonchev–Trinajstić information content (AvgIpc) is 3.20. The Morgan fingerprint density at radius 2 is 2.27 bits per heavy atom. The third kappa shape index (κ3) is 3.06. The summed E-state index contributed by atoms with van der Waals surface area (Å²) in [6.07, 6.45) is -2.23. The van der Waals surface area contributed by atoms with E-state index in [0.29, 0.717) is 22.5 Å². The molecule has 0 radical (unpaired) electrons. The zero-order valence-electron chi connectivity index (χ0n) is 12.9. The number of H-pyrrole nitrogens is 1. The van der Waals surface area contributed by atoms with Crippen LogP contribution in [0.15, 0.2) is 29.1 Å². The zero-order valence-corrected chi connectivity index (χ0v) is 13.7. The van der Waals surface area contributed by atoms with E-state index in [9.17, 15) is 18.0 Å². The summed E-state index contributed by atoms with van der Waals surface area (Å²) < 4.78 is 44.1. The molecule has 0 saturated heterocycles. The molecule has 0 aliphatic rings. The van der Waals surface area contributed by atoms with Crippen LogP contribution < -0.4 is 5.32 Å². The lowest BCUT2D eigenvalue weighted by molar-refractivity contribution is -0.173. The van der Waals surface area contributed by atoms with Gasteiger partial charge in [-0.1, -0.05) is 12.2 Å². The number of hydrogen-bond acceptors (Lipinski definition) is 4. The molecular weight excluding hydrogens is 371 g/mol. The first kappa shape index (κ1) is 17.7. The highest BCUT2D eigenvalue weighted by molar-refractivity contribution is 7.71. The van der Waals surface area contributed by atoms with Gasteiger partial charge in [-0.2, -0.15) is 13.2 Å². The molecule has 1 amide bonds. The summed E-state index contributed by atoms with van der Waals surface area (Å²) in [4.78, 5) is 21.3.